The molecule has 0 aliphatic carbocycles. The smallest absolute Gasteiger partial charge is 0.256 e. The van der Waals surface area contributed by atoms with E-state index in [1.807, 2.05) is 0 Å². The van der Waals surface area contributed by atoms with E-state index < -0.39 is 11.6 Å². The van der Waals surface area contributed by atoms with E-state index in [2.05, 4.69) is 0 Å². The number of amides is 1. The normalized spacial score (nSPS) is 22.5. The van der Waals surface area contributed by atoms with Gasteiger partial charge in [-0.25, -0.2) is 8.78 Å². The Balaban J connectivity index is 1.49. The fraction of sp³-hybridized carbons (Fsp3) is 0.588. The first-order valence-corrected chi connectivity index (χ1v) is 8.07. The summed E-state index contributed by atoms with van der Waals surface area (Å²) in [5, 5.41) is 0. The molecule has 3 rings (SSSR count). The van der Waals surface area contributed by atoms with Crippen molar-refractivity contribution >= 4 is 5.91 Å². The van der Waals surface area contributed by atoms with E-state index >= 15 is 0 Å². The predicted molar refractivity (Wildman–Crippen MR) is 80.2 cm³/mol. The molecule has 0 aromatic heterocycles. The van der Waals surface area contributed by atoms with Gasteiger partial charge in [0.25, 0.3) is 5.91 Å². The SMILES string of the molecule is O=C(c1ccc(F)cc1F)N1CCC(OCC2CCOC2)CC1. The third kappa shape index (κ3) is 4.06. The molecule has 0 spiro atoms. The number of ether oxygens (including phenoxy) is 2. The second kappa shape index (κ2) is 7.36. The second-order valence-electron chi connectivity index (χ2n) is 6.18. The van der Waals surface area contributed by atoms with Crippen molar-refractivity contribution in [3.8, 4) is 0 Å². The monoisotopic (exact) mass is 325 g/mol. The summed E-state index contributed by atoms with van der Waals surface area (Å²) in [7, 11) is 0. The van der Waals surface area contributed by atoms with Crippen LogP contribution in [0.4, 0.5) is 8.78 Å². The maximum atomic E-state index is 13.7. The van der Waals surface area contributed by atoms with Gasteiger partial charge in [0.15, 0.2) is 0 Å². The molecular weight excluding hydrogens is 304 g/mol. The highest BCUT2D eigenvalue weighted by molar-refractivity contribution is 5.94. The van der Waals surface area contributed by atoms with E-state index in [0.29, 0.717) is 25.6 Å². The highest BCUT2D eigenvalue weighted by atomic mass is 19.1. The Morgan fingerprint density at radius 1 is 1.26 bits per heavy atom. The van der Waals surface area contributed by atoms with E-state index in [0.717, 1.165) is 44.6 Å². The Morgan fingerprint density at radius 2 is 2.04 bits per heavy atom. The highest BCUT2D eigenvalue weighted by Crippen LogP contribution is 2.20. The average Bonchev–Trinajstić information content (AvgIpc) is 3.06. The number of piperidine rings is 1. The van der Waals surface area contributed by atoms with Gasteiger partial charge in [0, 0.05) is 31.7 Å². The van der Waals surface area contributed by atoms with Crippen LogP contribution in [0, 0.1) is 17.6 Å². The van der Waals surface area contributed by atoms with Gasteiger partial charge in [-0.2, -0.15) is 0 Å². The van der Waals surface area contributed by atoms with Gasteiger partial charge in [-0.3, -0.25) is 4.79 Å². The van der Waals surface area contributed by atoms with Gasteiger partial charge in [0.1, 0.15) is 11.6 Å². The lowest BCUT2D eigenvalue weighted by atomic mass is 10.1. The molecule has 4 nitrogen and oxygen atoms in total. The molecule has 0 radical (unpaired) electrons. The van der Waals surface area contributed by atoms with Gasteiger partial charge in [0.2, 0.25) is 0 Å². The van der Waals surface area contributed by atoms with E-state index in [1.165, 1.54) is 6.07 Å². The van der Waals surface area contributed by atoms with Crippen LogP contribution in [0.5, 0.6) is 0 Å². The summed E-state index contributed by atoms with van der Waals surface area (Å²) in [5.74, 6) is -1.40. The minimum Gasteiger partial charge on any atom is -0.381 e. The summed E-state index contributed by atoms with van der Waals surface area (Å²) in [6, 6.07) is 3.05. The molecule has 2 aliphatic heterocycles. The van der Waals surface area contributed by atoms with Gasteiger partial charge >= 0.3 is 0 Å². The van der Waals surface area contributed by atoms with Crippen molar-refractivity contribution in [2.75, 3.05) is 32.9 Å². The van der Waals surface area contributed by atoms with Crippen molar-refractivity contribution < 1.29 is 23.0 Å². The first-order valence-electron chi connectivity index (χ1n) is 8.07. The van der Waals surface area contributed by atoms with Crippen molar-refractivity contribution in [3.63, 3.8) is 0 Å². The largest absolute Gasteiger partial charge is 0.381 e. The molecule has 1 unspecified atom stereocenters. The quantitative estimate of drug-likeness (QED) is 0.854. The van der Waals surface area contributed by atoms with Crippen LogP contribution in [-0.2, 0) is 9.47 Å². The number of hydrogen-bond donors (Lipinski definition) is 0. The van der Waals surface area contributed by atoms with Crippen LogP contribution in [0.15, 0.2) is 18.2 Å². The number of carbonyl (C=O) groups is 1. The van der Waals surface area contributed by atoms with E-state index in [9.17, 15) is 13.6 Å². The topological polar surface area (TPSA) is 38.8 Å². The maximum absolute atomic E-state index is 13.7. The standard InChI is InChI=1S/C17H21F2NO3/c18-13-1-2-15(16(19)9-13)17(21)20-6-3-14(4-7-20)23-11-12-5-8-22-10-12/h1-2,9,12,14H,3-8,10-11H2. The molecule has 2 aliphatic rings. The van der Waals surface area contributed by atoms with Crippen molar-refractivity contribution in [2.24, 2.45) is 5.92 Å². The van der Waals surface area contributed by atoms with E-state index in [1.54, 1.807) is 4.90 Å². The van der Waals surface area contributed by atoms with E-state index in [4.69, 9.17) is 9.47 Å². The Labute approximate surface area is 134 Å². The van der Waals surface area contributed by atoms with Gasteiger partial charge in [-0.1, -0.05) is 0 Å². The molecule has 2 heterocycles. The number of likely N-dealkylation sites (tertiary alicyclic amines) is 1. The van der Waals surface area contributed by atoms with Crippen LogP contribution in [0.2, 0.25) is 0 Å². The van der Waals surface area contributed by atoms with Gasteiger partial charge in [0.05, 0.1) is 24.9 Å². The molecule has 1 amide bonds. The zero-order chi connectivity index (χ0) is 16.2. The Bertz CT molecular complexity index is 553. The summed E-state index contributed by atoms with van der Waals surface area (Å²) in [6.45, 7) is 3.33. The second-order valence-corrected chi connectivity index (χ2v) is 6.18. The molecule has 1 aromatic rings. The third-order valence-electron chi connectivity index (χ3n) is 4.48. The molecule has 6 heteroatoms. The molecule has 1 aromatic carbocycles. The van der Waals surface area contributed by atoms with Crippen molar-refractivity contribution in [1.29, 1.82) is 0 Å². The van der Waals surface area contributed by atoms with Crippen molar-refractivity contribution in [3.05, 3.63) is 35.4 Å². The van der Waals surface area contributed by atoms with Gasteiger partial charge < -0.3 is 14.4 Å². The van der Waals surface area contributed by atoms with Crippen LogP contribution in [0.25, 0.3) is 0 Å². The average molecular weight is 325 g/mol. The first kappa shape index (κ1) is 16.3. The molecule has 0 bridgehead atoms. The summed E-state index contributed by atoms with van der Waals surface area (Å²) in [4.78, 5) is 13.9. The number of halogens is 2. The Hall–Kier alpha value is -1.53. The molecule has 2 saturated heterocycles. The van der Waals surface area contributed by atoms with Gasteiger partial charge in [-0.05, 0) is 31.4 Å². The fourth-order valence-corrected chi connectivity index (χ4v) is 3.05. The third-order valence-corrected chi connectivity index (χ3v) is 4.48. The number of rotatable bonds is 4. The summed E-state index contributed by atoms with van der Waals surface area (Å²) < 4.78 is 37.8. The van der Waals surface area contributed by atoms with Crippen molar-refractivity contribution in [1.82, 2.24) is 4.90 Å². The summed E-state index contributed by atoms with van der Waals surface area (Å²) in [6.07, 6.45) is 2.66. The van der Waals surface area contributed by atoms with Crippen LogP contribution in [-0.4, -0.2) is 49.8 Å². The molecule has 2 fully saturated rings. The Morgan fingerprint density at radius 3 is 2.70 bits per heavy atom. The molecule has 23 heavy (non-hydrogen) atoms. The molecule has 0 saturated carbocycles. The number of nitrogens with zero attached hydrogens (tertiary/aromatic N) is 1. The van der Waals surface area contributed by atoms with Crippen LogP contribution >= 0.6 is 0 Å². The van der Waals surface area contributed by atoms with E-state index in [-0.39, 0.29) is 17.6 Å². The number of hydrogen-bond acceptors (Lipinski definition) is 3. The summed E-state index contributed by atoms with van der Waals surface area (Å²) >= 11 is 0. The Kier molecular flexibility index (Phi) is 5.23. The lowest BCUT2D eigenvalue weighted by molar-refractivity contribution is -0.00800. The number of benzene rings is 1. The minimum absolute atomic E-state index is 0.0751. The van der Waals surface area contributed by atoms with Crippen molar-refractivity contribution in [2.45, 2.75) is 25.4 Å². The molecule has 126 valence electrons. The van der Waals surface area contributed by atoms with Crippen LogP contribution in [0.3, 0.4) is 0 Å². The molecular formula is C17H21F2NO3. The van der Waals surface area contributed by atoms with Crippen LogP contribution in [0.1, 0.15) is 29.6 Å². The first-order chi connectivity index (χ1) is 11.1. The molecule has 0 N–H and O–H groups in total. The predicted octanol–water partition coefficient (Wildman–Crippen LogP) is 2.62. The highest BCUT2D eigenvalue weighted by Gasteiger charge is 2.26. The molecule has 1 atom stereocenters. The lowest BCUT2D eigenvalue weighted by Crippen LogP contribution is -2.41. The lowest BCUT2D eigenvalue weighted by Gasteiger charge is -2.32. The zero-order valence-electron chi connectivity index (χ0n) is 13.0. The zero-order valence-corrected chi connectivity index (χ0v) is 13.0. The summed E-state index contributed by atoms with van der Waals surface area (Å²) in [5.41, 5.74) is -0.0751. The maximum Gasteiger partial charge on any atom is 0.256 e. The fourth-order valence-electron chi connectivity index (χ4n) is 3.05. The van der Waals surface area contributed by atoms with Gasteiger partial charge in [-0.15, -0.1) is 0 Å². The minimum atomic E-state index is -0.811. The van der Waals surface area contributed by atoms with Crippen LogP contribution < -0.4 is 0 Å². The number of carbonyl (C=O) groups excluding carboxylic acids is 1.